The third-order valence-corrected chi connectivity index (χ3v) is 4.84. The Kier molecular flexibility index (Phi) is 4.64. The maximum atomic E-state index is 9.66. The molecule has 0 aromatic heterocycles. The van der Waals surface area contributed by atoms with Crippen LogP contribution in [-0.4, -0.2) is 49.7 Å². The van der Waals surface area contributed by atoms with Crippen LogP contribution in [0.4, 0.5) is 0 Å². The molecule has 2 heterocycles. The molecule has 2 saturated heterocycles. The second-order valence-corrected chi connectivity index (χ2v) is 6.14. The van der Waals surface area contributed by atoms with Gasteiger partial charge in [-0.2, -0.15) is 0 Å². The lowest BCUT2D eigenvalue weighted by molar-refractivity contribution is -0.0330. The molecule has 4 nitrogen and oxygen atoms in total. The number of aliphatic hydroxyl groups is 1. The number of hydrogen-bond acceptors (Lipinski definition) is 4. The molecule has 0 spiro atoms. The minimum Gasteiger partial charge on any atom is -0.396 e. The van der Waals surface area contributed by atoms with E-state index >= 15 is 0 Å². The van der Waals surface area contributed by atoms with E-state index in [4.69, 9.17) is 9.47 Å². The Hall–Kier alpha value is -0.160. The van der Waals surface area contributed by atoms with E-state index in [1.807, 2.05) is 0 Å². The maximum Gasteiger partial charge on any atom is 0.0804 e. The Morgan fingerprint density at radius 3 is 2.50 bits per heavy atom. The van der Waals surface area contributed by atoms with Gasteiger partial charge in [0.2, 0.25) is 0 Å². The molecule has 0 aromatic carbocycles. The highest BCUT2D eigenvalue weighted by Crippen LogP contribution is 2.32. The first-order valence-corrected chi connectivity index (χ1v) is 7.16. The van der Waals surface area contributed by atoms with Crippen LogP contribution in [0, 0.1) is 5.41 Å². The molecule has 106 valence electrons. The van der Waals surface area contributed by atoms with Crippen LogP contribution in [0.2, 0.25) is 0 Å². The van der Waals surface area contributed by atoms with Gasteiger partial charge in [0.25, 0.3) is 0 Å². The van der Waals surface area contributed by atoms with E-state index in [-0.39, 0.29) is 17.6 Å². The third-order valence-electron chi connectivity index (χ3n) is 4.84. The van der Waals surface area contributed by atoms with E-state index in [0.717, 1.165) is 52.0 Å². The fourth-order valence-electron chi connectivity index (χ4n) is 2.92. The van der Waals surface area contributed by atoms with Gasteiger partial charge in [0.1, 0.15) is 0 Å². The fourth-order valence-corrected chi connectivity index (χ4v) is 2.92. The van der Waals surface area contributed by atoms with Gasteiger partial charge in [-0.05, 0) is 39.5 Å². The van der Waals surface area contributed by atoms with Gasteiger partial charge in [0.05, 0.1) is 12.2 Å². The van der Waals surface area contributed by atoms with Crippen molar-refractivity contribution in [2.75, 3.05) is 33.0 Å². The quantitative estimate of drug-likeness (QED) is 0.780. The monoisotopic (exact) mass is 257 g/mol. The first-order valence-electron chi connectivity index (χ1n) is 7.16. The highest BCUT2D eigenvalue weighted by atomic mass is 16.5. The number of hydrogen-bond donors (Lipinski definition) is 2. The number of aliphatic hydroxyl groups excluding tert-OH is 1. The lowest BCUT2D eigenvalue weighted by Gasteiger charge is -2.39. The molecule has 4 heteroatoms. The number of rotatable bonds is 5. The van der Waals surface area contributed by atoms with Crippen LogP contribution in [0.1, 0.15) is 39.5 Å². The van der Waals surface area contributed by atoms with Gasteiger partial charge in [-0.25, -0.2) is 0 Å². The van der Waals surface area contributed by atoms with Crippen molar-refractivity contribution in [2.45, 2.75) is 51.2 Å². The van der Waals surface area contributed by atoms with E-state index in [9.17, 15) is 5.11 Å². The topological polar surface area (TPSA) is 50.7 Å². The van der Waals surface area contributed by atoms with Gasteiger partial charge in [-0.15, -0.1) is 0 Å². The molecule has 0 amide bonds. The zero-order chi connectivity index (χ0) is 13.1. The summed E-state index contributed by atoms with van der Waals surface area (Å²) in [5, 5.41) is 13.2. The summed E-state index contributed by atoms with van der Waals surface area (Å²) < 4.78 is 11.2. The zero-order valence-electron chi connectivity index (χ0n) is 11.7. The van der Waals surface area contributed by atoms with Crippen LogP contribution in [0.15, 0.2) is 0 Å². The highest BCUT2D eigenvalue weighted by molar-refractivity contribution is 4.92. The Bertz CT molecular complexity index is 258. The van der Waals surface area contributed by atoms with E-state index < -0.39 is 0 Å². The molecular formula is C14H27NO3. The van der Waals surface area contributed by atoms with Crippen LogP contribution in [0.5, 0.6) is 0 Å². The summed E-state index contributed by atoms with van der Waals surface area (Å²) in [4.78, 5) is 0. The van der Waals surface area contributed by atoms with Crippen LogP contribution in [0.25, 0.3) is 0 Å². The molecule has 2 N–H and O–H groups in total. The van der Waals surface area contributed by atoms with Gasteiger partial charge in [0.15, 0.2) is 0 Å². The maximum absolute atomic E-state index is 9.66. The summed E-state index contributed by atoms with van der Waals surface area (Å²) in [6, 6.07) is 0.325. The van der Waals surface area contributed by atoms with Gasteiger partial charge in [-0.1, -0.05) is 0 Å². The van der Waals surface area contributed by atoms with Gasteiger partial charge < -0.3 is 19.9 Å². The lowest BCUT2D eigenvalue weighted by Crippen LogP contribution is -2.51. The lowest BCUT2D eigenvalue weighted by atomic mass is 9.80. The van der Waals surface area contributed by atoms with Crippen molar-refractivity contribution in [3.05, 3.63) is 0 Å². The van der Waals surface area contributed by atoms with Crippen molar-refractivity contribution >= 4 is 0 Å². The first-order chi connectivity index (χ1) is 8.60. The molecule has 2 rings (SSSR count). The van der Waals surface area contributed by atoms with Gasteiger partial charge >= 0.3 is 0 Å². The largest absolute Gasteiger partial charge is 0.396 e. The van der Waals surface area contributed by atoms with Crippen LogP contribution in [0.3, 0.4) is 0 Å². The van der Waals surface area contributed by atoms with Crippen LogP contribution < -0.4 is 5.32 Å². The molecule has 0 aliphatic carbocycles. The Morgan fingerprint density at radius 1 is 1.22 bits per heavy atom. The highest BCUT2D eigenvalue weighted by Gasteiger charge is 2.38. The molecule has 2 unspecified atom stereocenters. The molecule has 18 heavy (non-hydrogen) atoms. The van der Waals surface area contributed by atoms with Crippen molar-refractivity contribution in [1.29, 1.82) is 0 Å². The molecule has 0 saturated carbocycles. The summed E-state index contributed by atoms with van der Waals surface area (Å²) in [7, 11) is 0. The zero-order valence-corrected chi connectivity index (χ0v) is 11.7. The molecule has 2 atom stereocenters. The minimum atomic E-state index is -0.0399. The van der Waals surface area contributed by atoms with Crippen molar-refractivity contribution < 1.29 is 14.6 Å². The second-order valence-electron chi connectivity index (χ2n) is 6.14. The third kappa shape index (κ3) is 3.05. The molecule has 2 fully saturated rings. The molecule has 0 bridgehead atoms. The summed E-state index contributed by atoms with van der Waals surface area (Å²) in [5.41, 5.74) is -0.0384. The summed E-state index contributed by atoms with van der Waals surface area (Å²) >= 11 is 0. The Labute approximate surface area is 110 Å². The minimum absolute atomic E-state index is 0.00146. The SMILES string of the molecule is CC(NCC1(CO)CCOCC1)C1(C)CCCO1. The van der Waals surface area contributed by atoms with E-state index in [1.54, 1.807) is 0 Å². The van der Waals surface area contributed by atoms with Crippen LogP contribution >= 0.6 is 0 Å². The smallest absolute Gasteiger partial charge is 0.0804 e. The van der Waals surface area contributed by atoms with Crippen molar-refractivity contribution in [1.82, 2.24) is 5.32 Å². The standard InChI is InChI=1S/C14H27NO3/c1-12(13(2)4-3-7-18-13)15-10-14(11-16)5-8-17-9-6-14/h12,15-16H,3-11H2,1-2H3. The number of ether oxygens (including phenoxy) is 2. The summed E-state index contributed by atoms with van der Waals surface area (Å²) in [5.74, 6) is 0. The molecule has 2 aliphatic heterocycles. The van der Waals surface area contributed by atoms with E-state index in [2.05, 4.69) is 19.2 Å². The normalized spacial score (nSPS) is 33.5. The summed E-state index contributed by atoms with van der Waals surface area (Å²) in [6.07, 6.45) is 4.17. The number of nitrogens with one attached hydrogen (secondary N) is 1. The predicted octanol–water partition coefficient (Wildman–Crippen LogP) is 1.32. The first kappa shape index (κ1) is 14.3. The van der Waals surface area contributed by atoms with E-state index in [1.165, 1.54) is 0 Å². The Morgan fingerprint density at radius 2 is 1.94 bits per heavy atom. The molecule has 0 radical (unpaired) electrons. The average Bonchev–Trinajstić information content (AvgIpc) is 2.85. The average molecular weight is 257 g/mol. The van der Waals surface area contributed by atoms with Gasteiger partial charge in [-0.3, -0.25) is 0 Å². The Balaban J connectivity index is 1.85. The van der Waals surface area contributed by atoms with E-state index in [0.29, 0.717) is 6.04 Å². The van der Waals surface area contributed by atoms with Crippen molar-refractivity contribution in [3.8, 4) is 0 Å². The van der Waals surface area contributed by atoms with Crippen molar-refractivity contribution in [3.63, 3.8) is 0 Å². The summed E-state index contributed by atoms with van der Waals surface area (Å²) in [6.45, 7) is 7.89. The van der Waals surface area contributed by atoms with Crippen molar-refractivity contribution in [2.24, 2.45) is 5.41 Å². The fraction of sp³-hybridized carbons (Fsp3) is 1.00. The second kappa shape index (κ2) is 5.87. The predicted molar refractivity (Wildman–Crippen MR) is 70.6 cm³/mol. The van der Waals surface area contributed by atoms with Crippen LogP contribution in [-0.2, 0) is 9.47 Å². The molecular weight excluding hydrogens is 230 g/mol. The molecule has 2 aliphatic rings. The molecule has 0 aromatic rings. The van der Waals surface area contributed by atoms with Gasteiger partial charge in [0, 0.05) is 37.8 Å².